The molecule has 2 N–H and O–H groups in total. The third-order valence-electron chi connectivity index (χ3n) is 3.43. The maximum atomic E-state index is 12.6. The van der Waals surface area contributed by atoms with Gasteiger partial charge in [-0.15, -0.1) is 0 Å². The first-order chi connectivity index (χ1) is 10.4. The van der Waals surface area contributed by atoms with Crippen LogP contribution in [0.25, 0.3) is 0 Å². The molecule has 0 aliphatic heterocycles. The summed E-state index contributed by atoms with van der Waals surface area (Å²) in [5, 5.41) is 6.32. The Labute approximate surface area is 128 Å². The summed E-state index contributed by atoms with van der Waals surface area (Å²) in [5.41, 5.74) is 3.21. The molecule has 0 unspecified atom stereocenters. The van der Waals surface area contributed by atoms with Crippen molar-refractivity contribution in [1.82, 2.24) is 0 Å². The molecule has 0 aliphatic carbocycles. The molecule has 0 bridgehead atoms. The summed E-state index contributed by atoms with van der Waals surface area (Å²) in [6, 6.07) is 11.3. The van der Waals surface area contributed by atoms with Crippen LogP contribution in [-0.4, -0.2) is 13.1 Å². The molecule has 2 nitrogen and oxygen atoms in total. The fraction of sp³-hybridized carbons (Fsp3) is 0.294. The molecular weight excluding hydrogens is 289 g/mol. The Morgan fingerprint density at radius 2 is 1.45 bits per heavy atom. The summed E-state index contributed by atoms with van der Waals surface area (Å²) < 4.78 is 37.9. The lowest BCUT2D eigenvalue weighted by Crippen LogP contribution is -2.15. The largest absolute Gasteiger partial charge is 0.416 e. The Bertz CT molecular complexity index is 616. The maximum absolute atomic E-state index is 12.6. The van der Waals surface area contributed by atoms with Crippen molar-refractivity contribution in [1.29, 1.82) is 0 Å². The van der Waals surface area contributed by atoms with Crippen LogP contribution in [0.15, 0.2) is 42.5 Å². The molecule has 22 heavy (non-hydrogen) atoms. The number of aryl methyl sites for hydroxylation is 2. The topological polar surface area (TPSA) is 24.1 Å². The smallest absolute Gasteiger partial charge is 0.383 e. The zero-order chi connectivity index (χ0) is 16.2. The second-order valence-electron chi connectivity index (χ2n) is 5.20. The molecule has 0 aliphatic rings. The van der Waals surface area contributed by atoms with Crippen LogP contribution < -0.4 is 10.6 Å². The van der Waals surface area contributed by atoms with Gasteiger partial charge in [0.25, 0.3) is 0 Å². The molecule has 2 aromatic rings. The van der Waals surface area contributed by atoms with Crippen LogP contribution in [0.3, 0.4) is 0 Å². The van der Waals surface area contributed by atoms with Gasteiger partial charge >= 0.3 is 6.18 Å². The minimum Gasteiger partial charge on any atom is -0.383 e. The SMILES string of the molecule is Cc1cccc(C)c1NCCNc1cccc(C(F)(F)F)c1. The second kappa shape index (κ2) is 6.73. The van der Waals surface area contributed by atoms with E-state index in [1.54, 1.807) is 6.07 Å². The van der Waals surface area contributed by atoms with Crippen molar-refractivity contribution >= 4 is 11.4 Å². The summed E-state index contributed by atoms with van der Waals surface area (Å²) in [4.78, 5) is 0. The van der Waals surface area contributed by atoms with Crippen molar-refractivity contribution in [2.24, 2.45) is 0 Å². The third kappa shape index (κ3) is 4.16. The first kappa shape index (κ1) is 16.2. The zero-order valence-electron chi connectivity index (χ0n) is 12.6. The highest BCUT2D eigenvalue weighted by molar-refractivity contribution is 5.56. The number of para-hydroxylation sites is 1. The van der Waals surface area contributed by atoms with E-state index in [4.69, 9.17) is 0 Å². The highest BCUT2D eigenvalue weighted by Crippen LogP contribution is 2.30. The van der Waals surface area contributed by atoms with Gasteiger partial charge in [0, 0.05) is 24.5 Å². The first-order valence-electron chi connectivity index (χ1n) is 7.09. The molecule has 0 saturated carbocycles. The molecule has 2 aromatic carbocycles. The summed E-state index contributed by atoms with van der Waals surface area (Å²) in [5.74, 6) is 0. The molecule has 118 valence electrons. The van der Waals surface area contributed by atoms with Gasteiger partial charge in [-0.2, -0.15) is 13.2 Å². The molecule has 2 rings (SSSR count). The van der Waals surface area contributed by atoms with E-state index in [9.17, 15) is 13.2 Å². The predicted octanol–water partition coefficient (Wildman–Crippen LogP) is 4.85. The van der Waals surface area contributed by atoms with E-state index in [1.165, 1.54) is 6.07 Å². The van der Waals surface area contributed by atoms with E-state index < -0.39 is 11.7 Å². The normalized spacial score (nSPS) is 11.3. The molecule has 0 saturated heterocycles. The van der Waals surface area contributed by atoms with Crippen molar-refractivity contribution in [3.8, 4) is 0 Å². The number of hydrogen-bond acceptors (Lipinski definition) is 2. The Balaban J connectivity index is 1.89. The van der Waals surface area contributed by atoms with Crippen LogP contribution in [-0.2, 0) is 6.18 Å². The minimum atomic E-state index is -4.31. The molecule has 0 fully saturated rings. The highest BCUT2D eigenvalue weighted by atomic mass is 19.4. The van der Waals surface area contributed by atoms with Crippen molar-refractivity contribution in [3.05, 3.63) is 59.2 Å². The number of hydrogen-bond donors (Lipinski definition) is 2. The number of rotatable bonds is 5. The van der Waals surface area contributed by atoms with E-state index in [0.717, 1.165) is 28.9 Å². The first-order valence-corrected chi connectivity index (χ1v) is 7.09. The molecule has 0 spiro atoms. The molecule has 0 amide bonds. The Morgan fingerprint density at radius 3 is 2.09 bits per heavy atom. The van der Waals surface area contributed by atoms with Gasteiger partial charge in [0.05, 0.1) is 5.56 Å². The molecule has 0 aromatic heterocycles. The second-order valence-corrected chi connectivity index (χ2v) is 5.20. The predicted molar refractivity (Wildman–Crippen MR) is 84.3 cm³/mol. The Hall–Kier alpha value is -2.17. The Morgan fingerprint density at radius 1 is 0.864 bits per heavy atom. The van der Waals surface area contributed by atoms with Gasteiger partial charge in [-0.25, -0.2) is 0 Å². The summed E-state index contributed by atoms with van der Waals surface area (Å²) in [6.07, 6.45) is -4.31. The van der Waals surface area contributed by atoms with E-state index in [2.05, 4.69) is 10.6 Å². The maximum Gasteiger partial charge on any atom is 0.416 e. The fourth-order valence-corrected chi connectivity index (χ4v) is 2.29. The van der Waals surface area contributed by atoms with E-state index in [-0.39, 0.29) is 0 Å². The lowest BCUT2D eigenvalue weighted by molar-refractivity contribution is -0.137. The quantitative estimate of drug-likeness (QED) is 0.772. The molecular formula is C17H19F3N2. The monoisotopic (exact) mass is 308 g/mol. The lowest BCUT2D eigenvalue weighted by atomic mass is 10.1. The van der Waals surface area contributed by atoms with Gasteiger partial charge in [-0.05, 0) is 43.2 Å². The van der Waals surface area contributed by atoms with Crippen molar-refractivity contribution < 1.29 is 13.2 Å². The van der Waals surface area contributed by atoms with Gasteiger partial charge in [0.15, 0.2) is 0 Å². The standard InChI is InChI=1S/C17H19F3N2/c1-12-5-3-6-13(2)16(12)22-10-9-21-15-8-4-7-14(11-15)17(18,19)20/h3-8,11,21-22H,9-10H2,1-2H3. The molecule has 0 heterocycles. The summed E-state index contributed by atoms with van der Waals surface area (Å²) >= 11 is 0. The van der Waals surface area contributed by atoms with Gasteiger partial charge in [0.1, 0.15) is 0 Å². The number of nitrogens with one attached hydrogen (secondary N) is 2. The van der Waals surface area contributed by atoms with Crippen LogP contribution in [0, 0.1) is 13.8 Å². The fourth-order valence-electron chi connectivity index (χ4n) is 2.29. The van der Waals surface area contributed by atoms with Crippen LogP contribution in [0.5, 0.6) is 0 Å². The zero-order valence-corrected chi connectivity index (χ0v) is 12.6. The van der Waals surface area contributed by atoms with Gasteiger partial charge in [0.2, 0.25) is 0 Å². The average molecular weight is 308 g/mol. The summed E-state index contributed by atoms with van der Waals surface area (Å²) in [6.45, 7) is 5.21. The number of benzene rings is 2. The van der Waals surface area contributed by atoms with Gasteiger partial charge in [-0.1, -0.05) is 24.3 Å². The van der Waals surface area contributed by atoms with Crippen LogP contribution in [0.2, 0.25) is 0 Å². The third-order valence-corrected chi connectivity index (χ3v) is 3.43. The van der Waals surface area contributed by atoms with Gasteiger partial charge < -0.3 is 10.6 Å². The average Bonchev–Trinajstić information content (AvgIpc) is 2.45. The van der Waals surface area contributed by atoms with E-state index >= 15 is 0 Å². The van der Waals surface area contributed by atoms with E-state index in [0.29, 0.717) is 18.8 Å². The molecule has 5 heteroatoms. The van der Waals surface area contributed by atoms with E-state index in [1.807, 2.05) is 32.0 Å². The minimum absolute atomic E-state index is 0.470. The Kier molecular flexibility index (Phi) is 4.96. The van der Waals surface area contributed by atoms with Gasteiger partial charge in [-0.3, -0.25) is 0 Å². The summed E-state index contributed by atoms with van der Waals surface area (Å²) in [7, 11) is 0. The van der Waals surface area contributed by atoms with Crippen LogP contribution in [0.1, 0.15) is 16.7 Å². The van der Waals surface area contributed by atoms with Crippen molar-refractivity contribution in [2.45, 2.75) is 20.0 Å². The van der Waals surface area contributed by atoms with Crippen LogP contribution >= 0.6 is 0 Å². The van der Waals surface area contributed by atoms with Crippen molar-refractivity contribution in [3.63, 3.8) is 0 Å². The highest BCUT2D eigenvalue weighted by Gasteiger charge is 2.30. The molecule has 0 radical (unpaired) electrons. The lowest BCUT2D eigenvalue weighted by Gasteiger charge is -2.14. The number of anilines is 2. The number of alkyl halides is 3. The molecule has 0 atom stereocenters. The number of halogens is 3. The van der Waals surface area contributed by atoms with Crippen LogP contribution in [0.4, 0.5) is 24.5 Å². The van der Waals surface area contributed by atoms with Crippen molar-refractivity contribution in [2.75, 3.05) is 23.7 Å².